The van der Waals surface area contributed by atoms with Gasteiger partial charge in [-0.25, -0.2) is 0 Å². The molecule has 1 nitrogen and oxygen atoms in total. The lowest BCUT2D eigenvalue weighted by molar-refractivity contribution is 0.530. The molecular formula is C9H10BrN. The van der Waals surface area contributed by atoms with Gasteiger partial charge in [0.05, 0.1) is 0 Å². The maximum absolute atomic E-state index is 3.46. The topological polar surface area (TPSA) is 12.0 Å². The maximum Gasteiger partial charge on any atom is 0.0361 e. The molecule has 1 unspecified atom stereocenters. The number of halogens is 1. The highest BCUT2D eigenvalue weighted by molar-refractivity contribution is 9.10. The highest BCUT2D eigenvalue weighted by atomic mass is 79.9. The fourth-order valence-electron chi connectivity index (χ4n) is 1.53. The second-order valence-corrected chi connectivity index (χ2v) is 3.80. The van der Waals surface area contributed by atoms with Gasteiger partial charge in [-0.3, -0.25) is 0 Å². The van der Waals surface area contributed by atoms with E-state index in [0.29, 0.717) is 6.04 Å². The zero-order chi connectivity index (χ0) is 7.84. The largest absolute Gasteiger partial charge is 0.313 e. The van der Waals surface area contributed by atoms with Crippen LogP contribution in [0, 0.1) is 0 Å². The Morgan fingerprint density at radius 2 is 2.36 bits per heavy atom. The standard InChI is InChI=1S/C9H10BrN/c1-11-9-4-6-2-3-7(10)5-8(6)9/h2-3,5,9,11H,4H2,1H3. The zero-order valence-electron chi connectivity index (χ0n) is 6.39. The first kappa shape index (κ1) is 7.32. The predicted molar refractivity (Wildman–Crippen MR) is 49.6 cm³/mol. The Labute approximate surface area is 74.9 Å². The van der Waals surface area contributed by atoms with Crippen LogP contribution in [0.3, 0.4) is 0 Å². The Morgan fingerprint density at radius 3 is 3.09 bits per heavy atom. The number of rotatable bonds is 1. The Balaban J connectivity index is 2.37. The molecule has 0 bridgehead atoms. The lowest BCUT2D eigenvalue weighted by atomic mass is 9.83. The van der Waals surface area contributed by atoms with E-state index < -0.39 is 0 Å². The van der Waals surface area contributed by atoms with Gasteiger partial charge in [-0.15, -0.1) is 0 Å². The van der Waals surface area contributed by atoms with E-state index >= 15 is 0 Å². The quantitative estimate of drug-likeness (QED) is 0.752. The number of fused-ring (bicyclic) bond motifs is 1. The fourth-order valence-corrected chi connectivity index (χ4v) is 1.91. The summed E-state index contributed by atoms with van der Waals surface area (Å²) in [6.45, 7) is 0. The van der Waals surface area contributed by atoms with Crippen LogP contribution in [-0.2, 0) is 6.42 Å². The van der Waals surface area contributed by atoms with Crippen LogP contribution in [0.25, 0.3) is 0 Å². The summed E-state index contributed by atoms with van der Waals surface area (Å²) < 4.78 is 1.18. The minimum atomic E-state index is 0.586. The molecule has 2 heteroatoms. The molecule has 0 radical (unpaired) electrons. The molecule has 11 heavy (non-hydrogen) atoms. The zero-order valence-corrected chi connectivity index (χ0v) is 7.98. The third-order valence-corrected chi connectivity index (χ3v) is 2.75. The minimum absolute atomic E-state index is 0.586. The van der Waals surface area contributed by atoms with Crippen molar-refractivity contribution in [2.24, 2.45) is 0 Å². The number of hydrogen-bond donors (Lipinski definition) is 1. The minimum Gasteiger partial charge on any atom is -0.313 e. The number of nitrogens with one attached hydrogen (secondary N) is 1. The molecule has 0 saturated carbocycles. The Bertz CT molecular complexity index is 283. The molecule has 1 aliphatic rings. The molecule has 1 atom stereocenters. The van der Waals surface area contributed by atoms with Crippen molar-refractivity contribution in [2.75, 3.05) is 7.05 Å². The van der Waals surface area contributed by atoms with Gasteiger partial charge in [0.1, 0.15) is 0 Å². The lowest BCUT2D eigenvalue weighted by Crippen LogP contribution is -2.28. The van der Waals surface area contributed by atoms with E-state index in [4.69, 9.17) is 0 Å². The van der Waals surface area contributed by atoms with E-state index in [2.05, 4.69) is 39.4 Å². The summed E-state index contributed by atoms with van der Waals surface area (Å²) in [6, 6.07) is 7.07. The van der Waals surface area contributed by atoms with Crippen LogP contribution in [0.4, 0.5) is 0 Å². The molecule has 1 aromatic carbocycles. The van der Waals surface area contributed by atoms with Gasteiger partial charge in [-0.05, 0) is 36.7 Å². The Kier molecular flexibility index (Phi) is 1.74. The molecular weight excluding hydrogens is 202 g/mol. The first-order valence-electron chi connectivity index (χ1n) is 3.77. The number of hydrogen-bond acceptors (Lipinski definition) is 1. The Hall–Kier alpha value is -0.340. The molecule has 0 fully saturated rings. The number of benzene rings is 1. The molecule has 0 amide bonds. The van der Waals surface area contributed by atoms with Gasteiger partial charge < -0.3 is 5.32 Å². The normalized spacial score (nSPS) is 20.7. The third-order valence-electron chi connectivity index (χ3n) is 2.26. The van der Waals surface area contributed by atoms with Crippen LogP contribution >= 0.6 is 15.9 Å². The van der Waals surface area contributed by atoms with Crippen molar-refractivity contribution >= 4 is 15.9 Å². The molecule has 1 aromatic rings. The van der Waals surface area contributed by atoms with Gasteiger partial charge in [0.2, 0.25) is 0 Å². The monoisotopic (exact) mass is 211 g/mol. The molecule has 1 N–H and O–H groups in total. The average molecular weight is 212 g/mol. The first-order valence-corrected chi connectivity index (χ1v) is 4.56. The third kappa shape index (κ3) is 1.10. The maximum atomic E-state index is 3.46. The first-order chi connectivity index (χ1) is 5.31. The van der Waals surface area contributed by atoms with Crippen molar-refractivity contribution in [1.29, 1.82) is 0 Å². The molecule has 2 rings (SSSR count). The molecule has 1 aliphatic carbocycles. The van der Waals surface area contributed by atoms with Gasteiger partial charge in [-0.1, -0.05) is 22.0 Å². The van der Waals surface area contributed by atoms with Crippen molar-refractivity contribution in [2.45, 2.75) is 12.5 Å². The van der Waals surface area contributed by atoms with E-state index in [-0.39, 0.29) is 0 Å². The van der Waals surface area contributed by atoms with Crippen LogP contribution < -0.4 is 5.32 Å². The second-order valence-electron chi connectivity index (χ2n) is 2.89. The van der Waals surface area contributed by atoms with Crippen LogP contribution in [0.1, 0.15) is 17.2 Å². The van der Waals surface area contributed by atoms with E-state index in [1.807, 2.05) is 7.05 Å². The van der Waals surface area contributed by atoms with Gasteiger partial charge in [0, 0.05) is 10.5 Å². The van der Waals surface area contributed by atoms with E-state index in [9.17, 15) is 0 Å². The molecule has 0 saturated heterocycles. The number of likely N-dealkylation sites (N-methyl/N-ethyl adjacent to an activating group) is 1. The summed E-state index contributed by atoms with van der Waals surface area (Å²) >= 11 is 3.46. The van der Waals surface area contributed by atoms with Crippen LogP contribution in [0.5, 0.6) is 0 Å². The van der Waals surface area contributed by atoms with E-state index in [1.54, 1.807) is 0 Å². The Morgan fingerprint density at radius 1 is 1.55 bits per heavy atom. The summed E-state index contributed by atoms with van der Waals surface area (Å²) in [5.41, 5.74) is 2.93. The molecule has 0 spiro atoms. The van der Waals surface area contributed by atoms with Crippen molar-refractivity contribution in [3.63, 3.8) is 0 Å². The van der Waals surface area contributed by atoms with Crippen LogP contribution in [0.15, 0.2) is 22.7 Å². The summed E-state index contributed by atoms with van der Waals surface area (Å²) in [7, 11) is 2.01. The SMILES string of the molecule is CNC1Cc2ccc(Br)cc21. The summed E-state index contributed by atoms with van der Waals surface area (Å²) in [6.07, 6.45) is 1.18. The van der Waals surface area contributed by atoms with E-state index in [0.717, 1.165) is 0 Å². The second kappa shape index (κ2) is 2.61. The summed E-state index contributed by atoms with van der Waals surface area (Å²) in [5.74, 6) is 0. The molecule has 58 valence electrons. The van der Waals surface area contributed by atoms with Crippen LogP contribution in [-0.4, -0.2) is 7.05 Å². The lowest BCUT2D eigenvalue weighted by Gasteiger charge is -2.29. The van der Waals surface area contributed by atoms with Gasteiger partial charge in [0.25, 0.3) is 0 Å². The van der Waals surface area contributed by atoms with Gasteiger partial charge in [0.15, 0.2) is 0 Å². The fraction of sp³-hybridized carbons (Fsp3) is 0.333. The molecule has 0 aliphatic heterocycles. The summed E-state index contributed by atoms with van der Waals surface area (Å²) in [4.78, 5) is 0. The van der Waals surface area contributed by atoms with E-state index in [1.165, 1.54) is 22.0 Å². The average Bonchev–Trinajstić information content (AvgIpc) is 1.97. The van der Waals surface area contributed by atoms with Gasteiger partial charge in [-0.2, -0.15) is 0 Å². The molecule has 0 aromatic heterocycles. The predicted octanol–water partition coefficient (Wildman–Crippen LogP) is 2.27. The van der Waals surface area contributed by atoms with Crippen molar-refractivity contribution in [3.05, 3.63) is 33.8 Å². The summed E-state index contributed by atoms with van der Waals surface area (Å²) in [5, 5.41) is 3.26. The highest BCUT2D eigenvalue weighted by Gasteiger charge is 2.23. The smallest absolute Gasteiger partial charge is 0.0361 e. The van der Waals surface area contributed by atoms with Gasteiger partial charge >= 0.3 is 0 Å². The van der Waals surface area contributed by atoms with Crippen molar-refractivity contribution < 1.29 is 0 Å². The molecule has 0 heterocycles. The highest BCUT2D eigenvalue weighted by Crippen LogP contribution is 2.34. The van der Waals surface area contributed by atoms with Crippen molar-refractivity contribution in [3.8, 4) is 0 Å². The van der Waals surface area contributed by atoms with Crippen LogP contribution in [0.2, 0.25) is 0 Å². The van der Waals surface area contributed by atoms with Crippen molar-refractivity contribution in [1.82, 2.24) is 5.32 Å².